The Morgan fingerprint density at radius 1 is 0.667 bits per heavy atom. The van der Waals surface area contributed by atoms with Crippen molar-refractivity contribution in [2.75, 3.05) is 19.6 Å². The molecule has 0 rings (SSSR count). The van der Waals surface area contributed by atoms with Crippen LogP contribution in [0.4, 0.5) is 0 Å². The normalized spacial score (nSPS) is 13.2. The van der Waals surface area contributed by atoms with Crippen LogP contribution in [0.2, 0.25) is 0 Å². The third-order valence-electron chi connectivity index (χ3n) is 6.47. The average Bonchev–Trinajstić information content (AvgIpc) is 2.70. The smallest absolute Gasteiger partial charge is 0.549 e. The Kier molecular flexibility index (Phi) is 26.2. The van der Waals surface area contributed by atoms with E-state index >= 15 is 0 Å². The first kappa shape index (κ1) is 32.6. The Balaban J connectivity index is 0. The molecule has 0 aromatic rings. The second-order valence-corrected chi connectivity index (χ2v) is 9.23. The van der Waals surface area contributed by atoms with Gasteiger partial charge >= 0.3 is 29.6 Å². The van der Waals surface area contributed by atoms with Crippen molar-refractivity contribution in [1.82, 2.24) is 4.90 Å². The van der Waals surface area contributed by atoms with Crippen LogP contribution in [-0.4, -0.2) is 30.5 Å². The molecule has 2 atom stereocenters. The van der Waals surface area contributed by atoms with Crippen molar-refractivity contribution in [2.45, 2.75) is 130 Å². The third-order valence-corrected chi connectivity index (χ3v) is 6.47. The number of carboxylic acids is 1. The molecular weight excluding hydrogens is 381 g/mol. The van der Waals surface area contributed by atoms with Crippen LogP contribution >= 0.6 is 0 Å². The van der Waals surface area contributed by atoms with Gasteiger partial charge in [0.1, 0.15) is 0 Å². The van der Waals surface area contributed by atoms with Crippen molar-refractivity contribution in [3.05, 3.63) is 0 Å². The maximum absolute atomic E-state index is 11.3. The molecule has 0 radical (unpaired) electrons. The quantitative estimate of drug-likeness (QED) is 0.194. The van der Waals surface area contributed by atoms with Gasteiger partial charge in [-0.1, -0.05) is 118 Å². The van der Waals surface area contributed by atoms with E-state index in [0.29, 0.717) is 11.8 Å². The number of carbonyl (C=O) groups is 1. The van der Waals surface area contributed by atoms with Crippen LogP contribution in [0, 0.1) is 11.8 Å². The van der Waals surface area contributed by atoms with Crippen LogP contribution in [-0.2, 0) is 4.79 Å². The summed E-state index contributed by atoms with van der Waals surface area (Å²) in [6.07, 6.45) is 20.7. The van der Waals surface area contributed by atoms with E-state index in [-0.39, 0.29) is 36.1 Å². The van der Waals surface area contributed by atoms with Gasteiger partial charge in [0.2, 0.25) is 0 Å². The number of aliphatic carboxylic acids is 1. The minimum absolute atomic E-state index is 0. The summed E-state index contributed by atoms with van der Waals surface area (Å²) in [6, 6.07) is 0. The Morgan fingerprint density at radius 3 is 1.37 bits per heavy atom. The summed E-state index contributed by atoms with van der Waals surface area (Å²) >= 11 is 0. The van der Waals surface area contributed by atoms with E-state index < -0.39 is 5.97 Å². The Hall–Kier alpha value is 0.430. The molecule has 0 aliphatic heterocycles. The maximum Gasteiger partial charge on any atom is 1.00 e. The van der Waals surface area contributed by atoms with Crippen LogP contribution in [0.3, 0.4) is 0 Å². The molecule has 0 aliphatic carbocycles. The number of hydrogen-bond donors (Lipinski definition) is 0. The van der Waals surface area contributed by atoms with Gasteiger partial charge in [0.15, 0.2) is 0 Å². The van der Waals surface area contributed by atoms with Crippen molar-refractivity contribution < 1.29 is 39.5 Å². The third kappa shape index (κ3) is 20.3. The Morgan fingerprint density at radius 2 is 1.03 bits per heavy atom. The standard InChI is InChI=1S/C26H53NO2.Na/c1-5-9-11-13-15-17-19-24(7-3)21-27(23-26(28)29)22-25(8-4)20-18-16-14-12-10-6-2;/h24-25H,5-23H2,1-4H3,(H,28,29);/q;+1/p-1. The molecule has 0 N–H and O–H groups in total. The van der Waals surface area contributed by atoms with Crippen LogP contribution < -0.4 is 34.7 Å². The molecule has 0 heterocycles. The van der Waals surface area contributed by atoms with Gasteiger partial charge in [-0.3, -0.25) is 4.90 Å². The molecule has 4 heteroatoms. The SMILES string of the molecule is CCCCCCCCC(CC)CN(CC(=O)[O-])CC(CC)CCCCCCCC.[Na+]. The topological polar surface area (TPSA) is 43.4 Å². The molecule has 3 nitrogen and oxygen atoms in total. The number of rotatable bonds is 22. The molecule has 0 saturated carbocycles. The Bertz CT molecular complexity index is 339. The zero-order valence-electron chi connectivity index (χ0n) is 21.4. The average molecular weight is 434 g/mol. The van der Waals surface area contributed by atoms with E-state index in [9.17, 15) is 9.90 Å². The molecule has 0 fully saturated rings. The summed E-state index contributed by atoms with van der Waals surface area (Å²) in [7, 11) is 0. The summed E-state index contributed by atoms with van der Waals surface area (Å²) in [4.78, 5) is 13.5. The second kappa shape index (κ2) is 24.1. The zero-order chi connectivity index (χ0) is 21.7. The zero-order valence-corrected chi connectivity index (χ0v) is 23.4. The monoisotopic (exact) mass is 433 g/mol. The summed E-state index contributed by atoms with van der Waals surface area (Å²) in [5.41, 5.74) is 0. The number of unbranched alkanes of at least 4 members (excludes halogenated alkanes) is 10. The molecule has 0 saturated heterocycles. The minimum Gasteiger partial charge on any atom is -0.549 e. The van der Waals surface area contributed by atoms with Crippen LogP contribution in [0.15, 0.2) is 0 Å². The van der Waals surface area contributed by atoms with Crippen molar-refractivity contribution >= 4 is 5.97 Å². The Labute approximate surface area is 211 Å². The number of nitrogens with zero attached hydrogens (tertiary/aromatic N) is 1. The van der Waals surface area contributed by atoms with Gasteiger partial charge in [0.05, 0.1) is 5.97 Å². The molecule has 0 aliphatic rings. The van der Waals surface area contributed by atoms with E-state index in [4.69, 9.17) is 0 Å². The summed E-state index contributed by atoms with van der Waals surface area (Å²) < 4.78 is 0. The van der Waals surface area contributed by atoms with E-state index in [0.717, 1.165) is 25.9 Å². The van der Waals surface area contributed by atoms with E-state index in [1.807, 2.05) is 0 Å². The fourth-order valence-electron chi connectivity index (χ4n) is 4.39. The van der Waals surface area contributed by atoms with Gasteiger partial charge in [-0.2, -0.15) is 0 Å². The molecule has 0 aromatic heterocycles. The van der Waals surface area contributed by atoms with Crippen LogP contribution in [0.5, 0.6) is 0 Å². The predicted molar refractivity (Wildman–Crippen MR) is 125 cm³/mol. The maximum atomic E-state index is 11.3. The number of carbonyl (C=O) groups excluding carboxylic acids is 1. The van der Waals surface area contributed by atoms with Crippen LogP contribution in [0.25, 0.3) is 0 Å². The van der Waals surface area contributed by atoms with Gasteiger partial charge in [0.25, 0.3) is 0 Å². The first-order chi connectivity index (χ1) is 14.1. The molecule has 0 amide bonds. The summed E-state index contributed by atoms with van der Waals surface area (Å²) in [5.74, 6) is 0.313. The number of carboxylic acid groups (broad SMARTS) is 1. The van der Waals surface area contributed by atoms with Crippen LogP contribution in [0.1, 0.15) is 130 Å². The molecular formula is C26H52NNaO2. The van der Waals surface area contributed by atoms with Crippen molar-refractivity contribution in [2.24, 2.45) is 11.8 Å². The predicted octanol–water partition coefficient (Wildman–Crippen LogP) is 3.60. The minimum atomic E-state index is -0.922. The molecule has 0 spiro atoms. The molecule has 30 heavy (non-hydrogen) atoms. The fourth-order valence-corrected chi connectivity index (χ4v) is 4.39. The molecule has 2 unspecified atom stereocenters. The molecule has 174 valence electrons. The fraction of sp³-hybridized carbons (Fsp3) is 0.962. The first-order valence-electron chi connectivity index (χ1n) is 13.0. The van der Waals surface area contributed by atoms with E-state index in [2.05, 4.69) is 32.6 Å². The van der Waals surface area contributed by atoms with Gasteiger partial charge in [0, 0.05) is 19.6 Å². The summed E-state index contributed by atoms with van der Waals surface area (Å²) in [5, 5.41) is 11.3. The van der Waals surface area contributed by atoms with Gasteiger partial charge in [-0.05, 0) is 24.7 Å². The van der Waals surface area contributed by atoms with Gasteiger partial charge in [-0.15, -0.1) is 0 Å². The first-order valence-corrected chi connectivity index (χ1v) is 13.0. The summed E-state index contributed by atoms with van der Waals surface area (Å²) in [6.45, 7) is 11.0. The second-order valence-electron chi connectivity index (χ2n) is 9.23. The largest absolute Gasteiger partial charge is 1.00 e. The van der Waals surface area contributed by atoms with Gasteiger partial charge < -0.3 is 9.90 Å². The van der Waals surface area contributed by atoms with Crippen molar-refractivity contribution in [1.29, 1.82) is 0 Å². The van der Waals surface area contributed by atoms with E-state index in [1.165, 1.54) is 89.9 Å². The number of hydrogen-bond acceptors (Lipinski definition) is 3. The van der Waals surface area contributed by atoms with E-state index in [1.54, 1.807) is 0 Å². The van der Waals surface area contributed by atoms with Crippen molar-refractivity contribution in [3.8, 4) is 0 Å². The molecule has 0 bridgehead atoms. The van der Waals surface area contributed by atoms with Crippen molar-refractivity contribution in [3.63, 3.8) is 0 Å². The molecule has 0 aromatic carbocycles. The van der Waals surface area contributed by atoms with Gasteiger partial charge in [-0.25, -0.2) is 0 Å².